The second kappa shape index (κ2) is 18.9. The Morgan fingerprint density at radius 3 is 2.35 bits per heavy atom. The number of rotatable bonds is 12. The van der Waals surface area contributed by atoms with Crippen molar-refractivity contribution in [2.24, 2.45) is 0 Å². The third-order valence-corrected chi connectivity index (χ3v) is 9.04. The molecule has 1 saturated heterocycles. The number of anilines is 1. The zero-order valence-electron chi connectivity index (χ0n) is 27.8. The lowest BCUT2D eigenvalue weighted by Crippen LogP contribution is -2.29. The number of cyclic esters (lactones) is 1. The van der Waals surface area contributed by atoms with E-state index in [0.717, 1.165) is 55.9 Å². The summed E-state index contributed by atoms with van der Waals surface area (Å²) < 4.78 is 30.5. The van der Waals surface area contributed by atoms with E-state index in [4.69, 9.17) is 37.4 Å². The molecule has 1 aromatic heterocycles. The molecule has 5 rings (SSSR count). The first-order valence-electron chi connectivity index (χ1n) is 16.4. The van der Waals surface area contributed by atoms with Gasteiger partial charge in [-0.3, -0.25) is 4.79 Å². The van der Waals surface area contributed by atoms with Crippen LogP contribution in [-0.4, -0.2) is 39.4 Å². The van der Waals surface area contributed by atoms with E-state index in [1.54, 1.807) is 13.8 Å². The van der Waals surface area contributed by atoms with Crippen molar-refractivity contribution >= 4 is 58.0 Å². The summed E-state index contributed by atoms with van der Waals surface area (Å²) in [5.41, 5.74) is 1.65. The number of ether oxygens (including phenoxy) is 3. The molecule has 2 amide bonds. The van der Waals surface area contributed by atoms with E-state index < -0.39 is 17.8 Å². The molecule has 49 heavy (non-hydrogen) atoms. The van der Waals surface area contributed by atoms with Gasteiger partial charge in [0.25, 0.3) is 0 Å². The van der Waals surface area contributed by atoms with E-state index in [1.807, 2.05) is 30.3 Å². The van der Waals surface area contributed by atoms with Crippen molar-refractivity contribution in [2.75, 3.05) is 10.7 Å². The summed E-state index contributed by atoms with van der Waals surface area (Å²) in [6.07, 6.45) is 10.2. The molecule has 2 heterocycles. The quantitative estimate of drug-likeness (QED) is 0.102. The second-order valence-electron chi connectivity index (χ2n) is 11.8. The zero-order chi connectivity index (χ0) is 35.3. The van der Waals surface area contributed by atoms with Crippen molar-refractivity contribution in [3.05, 3.63) is 75.9 Å². The van der Waals surface area contributed by atoms with E-state index >= 15 is 0 Å². The normalized spacial score (nSPS) is 14.4. The Kier molecular flexibility index (Phi) is 14.7. The highest BCUT2D eigenvalue weighted by Gasteiger charge is 2.40. The molecule has 0 unspecified atom stereocenters. The van der Waals surface area contributed by atoms with Crippen LogP contribution in [-0.2, 0) is 9.53 Å². The van der Waals surface area contributed by atoms with Gasteiger partial charge in [0.1, 0.15) is 17.3 Å². The molecule has 1 aliphatic carbocycles. The summed E-state index contributed by atoms with van der Waals surface area (Å²) in [6, 6.07) is 13.3. The molecule has 0 bridgehead atoms. The van der Waals surface area contributed by atoms with Crippen molar-refractivity contribution in [1.82, 2.24) is 10.2 Å². The number of hydrogen-bond acceptors (Lipinski definition) is 9. The fourth-order valence-corrected chi connectivity index (χ4v) is 6.23. The summed E-state index contributed by atoms with van der Waals surface area (Å²) in [4.78, 5) is 37.1. The molecule has 0 radical (unpaired) electrons. The monoisotopic (exact) mass is 731 g/mol. The number of aromatic nitrogens is 2. The van der Waals surface area contributed by atoms with Crippen molar-refractivity contribution in [1.29, 1.82) is 0 Å². The van der Waals surface area contributed by atoms with Gasteiger partial charge in [-0.15, -0.1) is 10.2 Å². The number of benzene rings is 2. The molecule has 262 valence electrons. The number of imide groups is 1. The largest absolute Gasteiger partial charge is 0.489 e. The standard InChI is InChI=1S/C19H23ClN2O2S.C17H17ClFNO4/c1-2-3-4-5-6-10-13-25-19(23)24-16-14-17(20)21-22-18(16)15-11-8-7-9-12-15;1-9(2)15-16(21)20(17(22)24-15)13-8-14(11(18)7-12(13)19)23-10-5-3-4-6-10/h7-9,11-12,14H,2-6,10,13H2,1H3;7-8,10H,3-6H2,1-2H3. The molecule has 13 heteroatoms. The Balaban J connectivity index is 0.000000221. The van der Waals surface area contributed by atoms with Crippen LogP contribution < -0.4 is 14.4 Å². The van der Waals surface area contributed by atoms with Crippen molar-refractivity contribution < 1.29 is 33.0 Å². The van der Waals surface area contributed by atoms with Gasteiger partial charge < -0.3 is 14.2 Å². The molecule has 0 spiro atoms. The third-order valence-electron chi connectivity index (χ3n) is 7.75. The lowest BCUT2D eigenvalue weighted by Gasteiger charge is -2.18. The third kappa shape index (κ3) is 10.9. The molecule has 1 saturated carbocycles. The first kappa shape index (κ1) is 38.1. The molecule has 2 fully saturated rings. The predicted octanol–water partition coefficient (Wildman–Crippen LogP) is 11.0. The maximum Gasteiger partial charge on any atom is 0.427 e. The van der Waals surface area contributed by atoms with Gasteiger partial charge in [-0.05, 0) is 69.4 Å². The van der Waals surface area contributed by atoms with Crippen LogP contribution in [0.1, 0.15) is 85.0 Å². The minimum atomic E-state index is -0.941. The summed E-state index contributed by atoms with van der Waals surface area (Å²) in [7, 11) is 0. The van der Waals surface area contributed by atoms with Crippen molar-refractivity contribution in [3.8, 4) is 22.8 Å². The van der Waals surface area contributed by atoms with Gasteiger partial charge in [-0.25, -0.2) is 18.9 Å². The van der Waals surface area contributed by atoms with E-state index in [9.17, 15) is 18.8 Å². The fourth-order valence-electron chi connectivity index (χ4n) is 5.23. The Bertz CT molecular complexity index is 1650. The fraction of sp³-hybridized carbons (Fsp3) is 0.417. The maximum absolute atomic E-state index is 14.3. The summed E-state index contributed by atoms with van der Waals surface area (Å²) in [6.45, 7) is 5.48. The van der Waals surface area contributed by atoms with Crippen LogP contribution in [0.25, 0.3) is 11.3 Å². The van der Waals surface area contributed by atoms with Gasteiger partial charge >= 0.3 is 17.3 Å². The van der Waals surface area contributed by atoms with Crippen LogP contribution in [0.15, 0.2) is 59.9 Å². The number of allylic oxidation sites excluding steroid dienone is 1. The molecule has 2 aromatic carbocycles. The number of amides is 2. The number of nitrogens with zero attached hydrogens (tertiary/aromatic N) is 3. The SMILES string of the molecule is CC(C)=C1OC(=O)N(c2cc(OC3CCCC3)c(Cl)cc2F)C1=O.CCCCCCCCSC(=O)Oc1cc(Cl)nnc1-c1ccccc1. The molecule has 9 nitrogen and oxygen atoms in total. The van der Waals surface area contributed by atoms with E-state index in [0.29, 0.717) is 21.9 Å². The van der Waals surface area contributed by atoms with Gasteiger partial charge in [-0.1, -0.05) is 92.6 Å². The van der Waals surface area contributed by atoms with Gasteiger partial charge in [0.2, 0.25) is 0 Å². The molecular weight excluding hydrogens is 692 g/mol. The van der Waals surface area contributed by atoms with E-state index in [2.05, 4.69) is 17.1 Å². The first-order valence-corrected chi connectivity index (χ1v) is 18.2. The number of hydrogen-bond donors (Lipinski definition) is 0. The van der Waals surface area contributed by atoms with Crippen LogP contribution in [0.2, 0.25) is 10.2 Å². The average Bonchev–Trinajstić information content (AvgIpc) is 3.69. The summed E-state index contributed by atoms with van der Waals surface area (Å²) >= 11 is 13.1. The molecule has 0 atom stereocenters. The highest BCUT2D eigenvalue weighted by molar-refractivity contribution is 8.13. The first-order chi connectivity index (χ1) is 23.6. The zero-order valence-corrected chi connectivity index (χ0v) is 30.1. The van der Waals surface area contributed by atoms with E-state index in [-0.39, 0.29) is 38.8 Å². The number of unbranched alkanes of at least 4 members (excludes halogenated alkanes) is 5. The maximum atomic E-state index is 14.3. The van der Waals surface area contributed by atoms with Crippen LogP contribution >= 0.6 is 35.0 Å². The van der Waals surface area contributed by atoms with E-state index in [1.165, 1.54) is 49.6 Å². The molecule has 1 aliphatic heterocycles. The molecular formula is C36H40Cl2FN3O6S. The minimum absolute atomic E-state index is 0.00962. The molecule has 3 aromatic rings. The van der Waals surface area contributed by atoms with Gasteiger partial charge in [0, 0.05) is 23.4 Å². The Morgan fingerprint density at radius 1 is 0.980 bits per heavy atom. The summed E-state index contributed by atoms with van der Waals surface area (Å²) in [5, 5.41) is 7.88. The number of carbonyl (C=O) groups is 3. The average molecular weight is 733 g/mol. The highest BCUT2D eigenvalue weighted by Crippen LogP contribution is 2.37. The van der Waals surface area contributed by atoms with Crippen LogP contribution in [0, 0.1) is 5.82 Å². The Morgan fingerprint density at radius 2 is 1.67 bits per heavy atom. The highest BCUT2D eigenvalue weighted by atomic mass is 35.5. The topological polar surface area (TPSA) is 108 Å². The van der Waals surface area contributed by atoms with Crippen LogP contribution in [0.5, 0.6) is 11.5 Å². The Hall–Kier alpha value is -3.67. The van der Waals surface area contributed by atoms with Crippen molar-refractivity contribution in [3.63, 3.8) is 0 Å². The van der Waals surface area contributed by atoms with Gasteiger partial charge in [0.15, 0.2) is 16.7 Å². The molecule has 0 N–H and O–H groups in total. The van der Waals surface area contributed by atoms with Crippen LogP contribution in [0.4, 0.5) is 19.7 Å². The van der Waals surface area contributed by atoms with Crippen molar-refractivity contribution in [2.45, 2.75) is 91.1 Å². The predicted molar refractivity (Wildman–Crippen MR) is 191 cm³/mol. The second-order valence-corrected chi connectivity index (χ2v) is 13.6. The van der Waals surface area contributed by atoms with Gasteiger partial charge in [-0.2, -0.15) is 0 Å². The number of carbonyl (C=O) groups excluding carboxylic acids is 3. The van der Waals surface area contributed by atoms with Gasteiger partial charge in [0.05, 0.1) is 16.8 Å². The number of halogens is 3. The minimum Gasteiger partial charge on any atom is -0.489 e. The Labute approximate surface area is 300 Å². The lowest BCUT2D eigenvalue weighted by atomic mass is 10.1. The van der Waals surface area contributed by atoms with Crippen LogP contribution in [0.3, 0.4) is 0 Å². The summed E-state index contributed by atoms with van der Waals surface area (Å²) in [5.74, 6) is -0.227. The lowest BCUT2D eigenvalue weighted by molar-refractivity contribution is -0.114. The molecule has 2 aliphatic rings. The smallest absolute Gasteiger partial charge is 0.427 e. The number of thioether (sulfide) groups is 1.